The molecule has 0 unspecified atom stereocenters. The van der Waals surface area contributed by atoms with E-state index in [9.17, 15) is 9.59 Å². The Bertz CT molecular complexity index is 1020. The van der Waals surface area contributed by atoms with Crippen LogP contribution in [0, 0.1) is 6.92 Å². The molecule has 158 valence electrons. The summed E-state index contributed by atoms with van der Waals surface area (Å²) in [6.07, 6.45) is 1.29. The van der Waals surface area contributed by atoms with Crippen molar-refractivity contribution in [2.24, 2.45) is 0 Å². The van der Waals surface area contributed by atoms with Gasteiger partial charge in [0, 0.05) is 24.4 Å². The maximum atomic E-state index is 12.8. The summed E-state index contributed by atoms with van der Waals surface area (Å²) >= 11 is 1.60. The highest BCUT2D eigenvalue weighted by Gasteiger charge is 2.18. The second-order valence-electron chi connectivity index (χ2n) is 7.14. The third-order valence-corrected chi connectivity index (χ3v) is 6.25. The van der Waals surface area contributed by atoms with Crippen molar-refractivity contribution < 1.29 is 14.3 Å². The molecule has 0 aliphatic rings. The first-order valence-corrected chi connectivity index (χ1v) is 11.2. The number of nitrogens with zero attached hydrogens (tertiary/aromatic N) is 2. The highest BCUT2D eigenvalue weighted by Crippen LogP contribution is 2.25. The molecule has 0 atom stereocenters. The zero-order valence-corrected chi connectivity index (χ0v) is 18.6. The van der Waals surface area contributed by atoms with Gasteiger partial charge in [-0.05, 0) is 37.1 Å². The van der Waals surface area contributed by atoms with Crippen molar-refractivity contribution >= 4 is 34.0 Å². The summed E-state index contributed by atoms with van der Waals surface area (Å²) in [7, 11) is 0. The van der Waals surface area contributed by atoms with Crippen LogP contribution in [0.4, 0.5) is 0 Å². The molecule has 1 amide bonds. The zero-order valence-electron chi connectivity index (χ0n) is 17.8. The number of ether oxygens (including phenoxy) is 1. The number of rotatable bonds is 9. The van der Waals surface area contributed by atoms with Gasteiger partial charge in [0.15, 0.2) is 0 Å². The molecule has 0 bridgehead atoms. The molecule has 0 saturated heterocycles. The average Bonchev–Trinajstić information content (AvgIpc) is 3.07. The van der Waals surface area contributed by atoms with Gasteiger partial charge in [-0.25, -0.2) is 4.98 Å². The first-order valence-electron chi connectivity index (χ1n) is 10.4. The van der Waals surface area contributed by atoms with Crippen molar-refractivity contribution in [3.05, 3.63) is 63.6 Å². The number of amides is 1. The monoisotopic (exact) mass is 424 g/mol. The van der Waals surface area contributed by atoms with E-state index in [0.29, 0.717) is 26.1 Å². The number of thiazole rings is 1. The number of esters is 1. The molecule has 6 heteroatoms. The van der Waals surface area contributed by atoms with Gasteiger partial charge >= 0.3 is 5.97 Å². The zero-order chi connectivity index (χ0) is 21.5. The van der Waals surface area contributed by atoms with Crippen molar-refractivity contribution in [3.8, 4) is 0 Å². The molecule has 3 aromatic rings. The van der Waals surface area contributed by atoms with Crippen molar-refractivity contribution in [1.29, 1.82) is 0 Å². The molecule has 3 rings (SSSR count). The second kappa shape index (κ2) is 10.3. The van der Waals surface area contributed by atoms with E-state index in [1.165, 1.54) is 16.3 Å². The maximum absolute atomic E-state index is 12.8. The SMILES string of the molecule is CCOC(=O)CCN(CC)C(=O)Cc1sc(Cc2cccc3ccccc23)nc1C. The van der Waals surface area contributed by atoms with Gasteiger partial charge in [-0.1, -0.05) is 42.5 Å². The summed E-state index contributed by atoms with van der Waals surface area (Å²) in [4.78, 5) is 31.8. The summed E-state index contributed by atoms with van der Waals surface area (Å²) in [5, 5.41) is 3.47. The molecule has 0 fully saturated rings. The predicted molar refractivity (Wildman–Crippen MR) is 121 cm³/mol. The first-order chi connectivity index (χ1) is 14.5. The Hall–Kier alpha value is -2.73. The van der Waals surface area contributed by atoms with E-state index in [1.54, 1.807) is 23.2 Å². The summed E-state index contributed by atoms with van der Waals surface area (Å²) in [5.41, 5.74) is 2.15. The van der Waals surface area contributed by atoms with Gasteiger partial charge in [0.05, 0.1) is 30.2 Å². The minimum absolute atomic E-state index is 0.0188. The lowest BCUT2D eigenvalue weighted by molar-refractivity contribution is -0.144. The van der Waals surface area contributed by atoms with Crippen LogP contribution in [-0.4, -0.2) is 41.5 Å². The average molecular weight is 425 g/mol. The number of benzene rings is 2. The topological polar surface area (TPSA) is 59.5 Å². The van der Waals surface area contributed by atoms with Gasteiger partial charge in [-0.3, -0.25) is 9.59 Å². The standard InChI is InChI=1S/C24H28N2O3S/c1-4-26(14-13-24(28)29-5-2)23(27)16-21-17(3)25-22(30-21)15-19-11-8-10-18-9-6-7-12-20(18)19/h6-12H,4-5,13-16H2,1-3H3. The van der Waals surface area contributed by atoms with Crippen LogP contribution in [0.2, 0.25) is 0 Å². The van der Waals surface area contributed by atoms with Gasteiger partial charge in [0.2, 0.25) is 5.91 Å². The molecule has 1 heterocycles. The largest absolute Gasteiger partial charge is 0.466 e. The lowest BCUT2D eigenvalue weighted by Gasteiger charge is -2.20. The van der Waals surface area contributed by atoms with Gasteiger partial charge in [0.1, 0.15) is 0 Å². The quantitative estimate of drug-likeness (QED) is 0.473. The molecule has 1 aromatic heterocycles. The fourth-order valence-corrected chi connectivity index (χ4v) is 4.59. The van der Waals surface area contributed by atoms with Crippen molar-refractivity contribution in [2.75, 3.05) is 19.7 Å². The highest BCUT2D eigenvalue weighted by molar-refractivity contribution is 7.11. The lowest BCUT2D eigenvalue weighted by atomic mass is 10.0. The minimum Gasteiger partial charge on any atom is -0.466 e. The Morgan fingerprint density at radius 1 is 1.10 bits per heavy atom. The van der Waals surface area contributed by atoms with E-state index >= 15 is 0 Å². The van der Waals surface area contributed by atoms with Crippen LogP contribution in [0.5, 0.6) is 0 Å². The molecule has 0 aliphatic carbocycles. The highest BCUT2D eigenvalue weighted by atomic mass is 32.1. The summed E-state index contributed by atoms with van der Waals surface area (Å²) < 4.78 is 4.96. The summed E-state index contributed by atoms with van der Waals surface area (Å²) in [5.74, 6) is -0.250. The first kappa shape index (κ1) is 22.0. The van der Waals surface area contributed by atoms with Crippen LogP contribution in [0.15, 0.2) is 42.5 Å². The molecular weight excluding hydrogens is 396 g/mol. The summed E-state index contributed by atoms with van der Waals surface area (Å²) in [6.45, 7) is 6.98. The number of hydrogen-bond acceptors (Lipinski definition) is 5. The third kappa shape index (κ3) is 5.45. The van der Waals surface area contributed by atoms with Crippen molar-refractivity contribution in [1.82, 2.24) is 9.88 Å². The maximum Gasteiger partial charge on any atom is 0.307 e. The van der Waals surface area contributed by atoms with E-state index in [2.05, 4.69) is 36.4 Å². The molecule has 30 heavy (non-hydrogen) atoms. The predicted octanol–water partition coefficient (Wildman–Crippen LogP) is 4.54. The number of aryl methyl sites for hydroxylation is 1. The third-order valence-electron chi connectivity index (χ3n) is 5.10. The number of fused-ring (bicyclic) bond motifs is 1. The van der Waals surface area contributed by atoms with Gasteiger partial charge < -0.3 is 9.64 Å². The Morgan fingerprint density at radius 3 is 2.63 bits per heavy atom. The molecule has 0 saturated carbocycles. The molecule has 5 nitrogen and oxygen atoms in total. The number of aromatic nitrogens is 1. The molecule has 0 N–H and O–H groups in total. The molecule has 2 aromatic carbocycles. The fourth-order valence-electron chi connectivity index (χ4n) is 3.51. The minimum atomic E-state index is -0.268. The van der Waals surface area contributed by atoms with E-state index < -0.39 is 0 Å². The summed E-state index contributed by atoms with van der Waals surface area (Å²) in [6, 6.07) is 14.7. The number of hydrogen-bond donors (Lipinski definition) is 0. The molecular formula is C24H28N2O3S. The van der Waals surface area contributed by atoms with Crippen LogP contribution < -0.4 is 0 Å². The van der Waals surface area contributed by atoms with E-state index in [1.807, 2.05) is 19.9 Å². The Morgan fingerprint density at radius 2 is 1.87 bits per heavy atom. The van der Waals surface area contributed by atoms with Crippen LogP contribution in [0.1, 0.15) is 41.4 Å². The van der Waals surface area contributed by atoms with Crippen LogP contribution in [-0.2, 0) is 27.2 Å². The second-order valence-corrected chi connectivity index (χ2v) is 8.30. The molecule has 0 radical (unpaired) electrons. The molecule has 0 aliphatic heterocycles. The number of carbonyl (C=O) groups is 2. The molecule has 0 spiro atoms. The van der Waals surface area contributed by atoms with Crippen molar-refractivity contribution in [2.45, 2.75) is 40.0 Å². The Labute approximate surface area is 181 Å². The normalized spacial score (nSPS) is 10.9. The fraction of sp³-hybridized carbons (Fsp3) is 0.375. The number of carbonyl (C=O) groups excluding carboxylic acids is 2. The lowest BCUT2D eigenvalue weighted by Crippen LogP contribution is -2.34. The van der Waals surface area contributed by atoms with Crippen molar-refractivity contribution in [3.63, 3.8) is 0 Å². The van der Waals surface area contributed by atoms with Gasteiger partial charge in [-0.2, -0.15) is 0 Å². The smallest absolute Gasteiger partial charge is 0.307 e. The Kier molecular flexibility index (Phi) is 7.57. The van der Waals surface area contributed by atoms with Crippen LogP contribution in [0.25, 0.3) is 10.8 Å². The van der Waals surface area contributed by atoms with E-state index in [4.69, 9.17) is 9.72 Å². The van der Waals surface area contributed by atoms with Gasteiger partial charge in [-0.15, -0.1) is 11.3 Å². The van der Waals surface area contributed by atoms with Gasteiger partial charge in [0.25, 0.3) is 0 Å². The van der Waals surface area contributed by atoms with Crippen LogP contribution in [0.3, 0.4) is 0 Å². The van der Waals surface area contributed by atoms with E-state index in [0.717, 1.165) is 22.0 Å². The Balaban J connectivity index is 1.68. The van der Waals surface area contributed by atoms with Crippen LogP contribution >= 0.6 is 11.3 Å². The number of likely N-dealkylation sites (N-methyl/N-ethyl adjacent to an activating group) is 1. The van der Waals surface area contributed by atoms with E-state index in [-0.39, 0.29) is 18.3 Å².